The summed E-state index contributed by atoms with van der Waals surface area (Å²) in [6, 6.07) is 5.76. The first-order chi connectivity index (χ1) is 10.00. The lowest BCUT2D eigenvalue weighted by Gasteiger charge is -2.31. The van der Waals surface area contributed by atoms with Crippen molar-refractivity contribution in [1.82, 2.24) is 4.90 Å². The second-order valence-corrected chi connectivity index (χ2v) is 5.50. The third-order valence-corrected chi connectivity index (χ3v) is 4.06. The maximum absolute atomic E-state index is 12.5. The summed E-state index contributed by atoms with van der Waals surface area (Å²) in [5, 5.41) is 0. The molecule has 0 saturated carbocycles. The molecule has 0 unspecified atom stereocenters. The van der Waals surface area contributed by atoms with Crippen molar-refractivity contribution in [3.8, 4) is 11.5 Å². The van der Waals surface area contributed by atoms with E-state index in [1.807, 2.05) is 32.0 Å². The van der Waals surface area contributed by atoms with Crippen LogP contribution in [-0.4, -0.2) is 36.6 Å². The van der Waals surface area contributed by atoms with Gasteiger partial charge < -0.3 is 20.1 Å². The molecule has 1 aliphatic heterocycles. The zero-order valence-corrected chi connectivity index (χ0v) is 13.0. The number of carbonyl (C=O) groups is 1. The molecule has 5 heteroatoms. The summed E-state index contributed by atoms with van der Waals surface area (Å²) in [6.07, 6.45) is 1.27. The standard InChI is InChI=1S/C16H24N2O3/c1-4-16(17,5-2)15(19)18(3)11-12-6-7-13-14(10-12)21-9-8-20-13/h6-7,10H,4-5,8-9,11,17H2,1-3H3. The van der Waals surface area contributed by atoms with Crippen LogP contribution >= 0.6 is 0 Å². The number of nitrogens with two attached hydrogens (primary N) is 1. The van der Waals surface area contributed by atoms with Crippen LogP contribution < -0.4 is 15.2 Å². The molecule has 5 nitrogen and oxygen atoms in total. The minimum Gasteiger partial charge on any atom is -0.486 e. The zero-order valence-electron chi connectivity index (χ0n) is 13.0. The van der Waals surface area contributed by atoms with Crippen LogP contribution in [-0.2, 0) is 11.3 Å². The van der Waals surface area contributed by atoms with Gasteiger partial charge in [-0.2, -0.15) is 0 Å². The number of carbonyl (C=O) groups excluding carboxylic acids is 1. The third kappa shape index (κ3) is 3.29. The number of rotatable bonds is 5. The highest BCUT2D eigenvalue weighted by atomic mass is 16.6. The van der Waals surface area contributed by atoms with Crippen LogP contribution in [0.15, 0.2) is 18.2 Å². The lowest BCUT2D eigenvalue weighted by Crippen LogP contribution is -2.53. The van der Waals surface area contributed by atoms with E-state index in [-0.39, 0.29) is 5.91 Å². The van der Waals surface area contributed by atoms with E-state index in [0.29, 0.717) is 32.6 Å². The highest BCUT2D eigenvalue weighted by Crippen LogP contribution is 2.31. The Morgan fingerprint density at radius 3 is 2.48 bits per heavy atom. The normalized spacial score (nSPS) is 13.9. The van der Waals surface area contributed by atoms with Gasteiger partial charge in [0, 0.05) is 13.6 Å². The fourth-order valence-electron chi connectivity index (χ4n) is 2.46. The van der Waals surface area contributed by atoms with Crippen LogP contribution in [0.5, 0.6) is 11.5 Å². The van der Waals surface area contributed by atoms with Crippen LogP contribution in [0.1, 0.15) is 32.3 Å². The molecular weight excluding hydrogens is 268 g/mol. The van der Waals surface area contributed by atoms with E-state index >= 15 is 0 Å². The van der Waals surface area contributed by atoms with Gasteiger partial charge in [0.2, 0.25) is 5.91 Å². The van der Waals surface area contributed by atoms with Gasteiger partial charge in [0.05, 0.1) is 5.54 Å². The first-order valence-electron chi connectivity index (χ1n) is 7.43. The summed E-state index contributed by atoms with van der Waals surface area (Å²) in [5.41, 5.74) is 6.40. The molecule has 2 N–H and O–H groups in total. The van der Waals surface area contributed by atoms with Gasteiger partial charge in [0.1, 0.15) is 13.2 Å². The van der Waals surface area contributed by atoms with Gasteiger partial charge in [-0.05, 0) is 30.5 Å². The monoisotopic (exact) mass is 292 g/mol. The van der Waals surface area contributed by atoms with E-state index in [0.717, 1.165) is 17.1 Å². The minimum atomic E-state index is -0.775. The topological polar surface area (TPSA) is 64.8 Å². The Hall–Kier alpha value is -1.75. The smallest absolute Gasteiger partial charge is 0.242 e. The van der Waals surface area contributed by atoms with E-state index in [9.17, 15) is 4.79 Å². The van der Waals surface area contributed by atoms with Crippen molar-refractivity contribution >= 4 is 5.91 Å². The fraction of sp³-hybridized carbons (Fsp3) is 0.562. The van der Waals surface area contributed by atoms with E-state index in [2.05, 4.69) is 0 Å². The molecule has 1 aliphatic rings. The molecule has 0 spiro atoms. The Labute approximate surface area is 126 Å². The van der Waals surface area contributed by atoms with Gasteiger partial charge in [-0.3, -0.25) is 4.79 Å². The molecule has 116 valence electrons. The molecule has 1 amide bonds. The second kappa shape index (κ2) is 6.35. The average Bonchev–Trinajstić information content (AvgIpc) is 2.53. The van der Waals surface area contributed by atoms with Crippen molar-refractivity contribution in [1.29, 1.82) is 0 Å². The maximum atomic E-state index is 12.5. The van der Waals surface area contributed by atoms with Gasteiger partial charge in [0.15, 0.2) is 11.5 Å². The first kappa shape index (κ1) is 15.6. The summed E-state index contributed by atoms with van der Waals surface area (Å²) in [4.78, 5) is 14.1. The van der Waals surface area contributed by atoms with E-state index in [4.69, 9.17) is 15.2 Å². The molecule has 0 aliphatic carbocycles. The van der Waals surface area contributed by atoms with Crippen molar-refractivity contribution in [2.24, 2.45) is 5.73 Å². The van der Waals surface area contributed by atoms with E-state index in [1.54, 1.807) is 11.9 Å². The molecule has 0 saturated heterocycles. The van der Waals surface area contributed by atoms with Crippen LogP contribution in [0.25, 0.3) is 0 Å². The largest absolute Gasteiger partial charge is 0.486 e. The zero-order chi connectivity index (χ0) is 15.5. The van der Waals surface area contributed by atoms with Gasteiger partial charge in [-0.25, -0.2) is 0 Å². The number of benzene rings is 1. The number of ether oxygens (including phenoxy) is 2. The SMILES string of the molecule is CCC(N)(CC)C(=O)N(C)Cc1ccc2c(c1)OCCO2. The second-order valence-electron chi connectivity index (χ2n) is 5.50. The first-order valence-corrected chi connectivity index (χ1v) is 7.43. The molecule has 1 aromatic rings. The summed E-state index contributed by atoms with van der Waals surface area (Å²) >= 11 is 0. The summed E-state index contributed by atoms with van der Waals surface area (Å²) < 4.78 is 11.1. The van der Waals surface area contributed by atoms with Crippen molar-refractivity contribution in [3.63, 3.8) is 0 Å². The Balaban J connectivity index is 2.09. The summed E-state index contributed by atoms with van der Waals surface area (Å²) in [6.45, 7) is 5.53. The molecule has 21 heavy (non-hydrogen) atoms. The van der Waals surface area contributed by atoms with Gasteiger partial charge in [0.25, 0.3) is 0 Å². The Morgan fingerprint density at radius 2 is 1.86 bits per heavy atom. The van der Waals surface area contributed by atoms with Gasteiger partial charge in [-0.1, -0.05) is 19.9 Å². The third-order valence-electron chi connectivity index (χ3n) is 4.06. The van der Waals surface area contributed by atoms with Crippen molar-refractivity contribution < 1.29 is 14.3 Å². The molecule has 0 bridgehead atoms. The lowest BCUT2D eigenvalue weighted by molar-refractivity contribution is -0.136. The van der Waals surface area contributed by atoms with Crippen LogP contribution in [0.2, 0.25) is 0 Å². The highest BCUT2D eigenvalue weighted by Gasteiger charge is 2.32. The van der Waals surface area contributed by atoms with Crippen molar-refractivity contribution in [2.45, 2.75) is 38.8 Å². The molecule has 0 atom stereocenters. The van der Waals surface area contributed by atoms with Crippen molar-refractivity contribution in [3.05, 3.63) is 23.8 Å². The van der Waals surface area contributed by atoms with E-state index < -0.39 is 5.54 Å². The molecule has 1 heterocycles. The Kier molecular flexibility index (Phi) is 4.73. The van der Waals surface area contributed by atoms with Crippen LogP contribution in [0, 0.1) is 0 Å². The molecule has 0 fully saturated rings. The van der Waals surface area contributed by atoms with Crippen LogP contribution in [0.3, 0.4) is 0 Å². The molecule has 1 aromatic carbocycles. The number of hydrogen-bond acceptors (Lipinski definition) is 4. The predicted molar refractivity (Wildman–Crippen MR) is 81.4 cm³/mol. The Bertz CT molecular complexity index is 512. The quantitative estimate of drug-likeness (QED) is 0.900. The maximum Gasteiger partial charge on any atom is 0.242 e. The van der Waals surface area contributed by atoms with Crippen LogP contribution in [0.4, 0.5) is 0 Å². The molecule has 2 rings (SSSR count). The van der Waals surface area contributed by atoms with Gasteiger partial charge in [-0.15, -0.1) is 0 Å². The fourth-order valence-corrected chi connectivity index (χ4v) is 2.46. The van der Waals surface area contributed by atoms with Crippen molar-refractivity contribution in [2.75, 3.05) is 20.3 Å². The molecule has 0 radical (unpaired) electrons. The number of hydrogen-bond donors (Lipinski definition) is 1. The highest BCUT2D eigenvalue weighted by molar-refractivity contribution is 5.85. The van der Waals surface area contributed by atoms with E-state index in [1.165, 1.54) is 0 Å². The molecule has 0 aromatic heterocycles. The molecular formula is C16H24N2O3. The number of amides is 1. The average molecular weight is 292 g/mol. The number of fused-ring (bicyclic) bond motifs is 1. The predicted octanol–water partition coefficient (Wildman–Crippen LogP) is 1.93. The number of likely N-dealkylation sites (N-methyl/N-ethyl adjacent to an activating group) is 1. The van der Waals surface area contributed by atoms with Gasteiger partial charge >= 0.3 is 0 Å². The Morgan fingerprint density at radius 1 is 1.24 bits per heavy atom. The summed E-state index contributed by atoms with van der Waals surface area (Å²) in [7, 11) is 1.78. The lowest BCUT2D eigenvalue weighted by atomic mass is 9.92. The summed E-state index contributed by atoms with van der Waals surface area (Å²) in [5.74, 6) is 1.47. The number of nitrogens with zero attached hydrogens (tertiary/aromatic N) is 1. The minimum absolute atomic E-state index is 0.0256.